The number of hydrogen-bond donors (Lipinski definition) is 3. The molecule has 11 heteroatoms. The number of anilines is 3. The Bertz CT molecular complexity index is 764. The highest BCUT2D eigenvalue weighted by Gasteiger charge is 2.60. The van der Waals surface area contributed by atoms with E-state index in [-0.39, 0.29) is 17.5 Å². The fourth-order valence-electron chi connectivity index (χ4n) is 2.15. The second kappa shape index (κ2) is 5.35. The second-order valence-corrected chi connectivity index (χ2v) is 4.89. The third-order valence-electron chi connectivity index (χ3n) is 3.19. The number of ether oxygens (including phenoxy) is 1. The number of benzene rings is 1. The van der Waals surface area contributed by atoms with E-state index < -0.39 is 29.3 Å². The zero-order chi connectivity index (χ0) is 17.5. The van der Waals surface area contributed by atoms with Crippen LogP contribution < -0.4 is 20.7 Å². The van der Waals surface area contributed by atoms with Crippen molar-refractivity contribution in [3.63, 3.8) is 0 Å². The maximum absolute atomic E-state index is 13.6. The summed E-state index contributed by atoms with van der Waals surface area (Å²) in [5.74, 6) is -5.42. The van der Waals surface area contributed by atoms with Gasteiger partial charge >= 0.3 is 6.18 Å². The summed E-state index contributed by atoms with van der Waals surface area (Å²) in [6, 6.07) is 2.00. The van der Waals surface area contributed by atoms with Crippen molar-refractivity contribution >= 4 is 17.3 Å². The van der Waals surface area contributed by atoms with Crippen LogP contribution in [0.25, 0.3) is 0 Å². The van der Waals surface area contributed by atoms with Crippen molar-refractivity contribution in [1.82, 2.24) is 9.97 Å². The van der Waals surface area contributed by atoms with Crippen molar-refractivity contribution in [2.24, 2.45) is 0 Å². The Hall–Kier alpha value is -2.85. The smallest absolute Gasteiger partial charge is 0.451 e. The molecule has 2 aromatic rings. The number of rotatable bonds is 3. The quantitative estimate of drug-likeness (QED) is 0.742. The highest BCUT2D eigenvalue weighted by molar-refractivity contribution is 5.72. The molecule has 24 heavy (non-hydrogen) atoms. The van der Waals surface area contributed by atoms with Gasteiger partial charge in [0.2, 0.25) is 5.88 Å². The Kier molecular flexibility index (Phi) is 3.57. The summed E-state index contributed by atoms with van der Waals surface area (Å²) in [7, 11) is 1.28. The van der Waals surface area contributed by atoms with Crippen LogP contribution in [0.15, 0.2) is 24.4 Å². The summed E-state index contributed by atoms with van der Waals surface area (Å²) < 4.78 is 72.0. The average molecular weight is 347 g/mol. The molecule has 1 aliphatic heterocycles. The number of fused-ring (bicyclic) bond motifs is 1. The van der Waals surface area contributed by atoms with Crippen molar-refractivity contribution in [2.45, 2.75) is 12.0 Å². The molecule has 0 spiro atoms. The SMILES string of the molecule is COc1cnc2c(n1)NC(Nc1cc(F)cc(F)c1)(C(F)(F)F)N2. The van der Waals surface area contributed by atoms with Gasteiger partial charge in [-0.1, -0.05) is 0 Å². The van der Waals surface area contributed by atoms with Crippen LogP contribution in [-0.2, 0) is 0 Å². The van der Waals surface area contributed by atoms with Crippen molar-refractivity contribution in [2.75, 3.05) is 23.1 Å². The fourth-order valence-corrected chi connectivity index (χ4v) is 2.15. The lowest BCUT2D eigenvalue weighted by Crippen LogP contribution is -2.61. The molecule has 0 aliphatic carbocycles. The average Bonchev–Trinajstić information content (AvgIpc) is 2.83. The molecule has 1 unspecified atom stereocenters. The van der Waals surface area contributed by atoms with Crippen LogP contribution in [0.3, 0.4) is 0 Å². The van der Waals surface area contributed by atoms with E-state index in [2.05, 4.69) is 20.6 Å². The van der Waals surface area contributed by atoms with Crippen LogP contribution in [0.5, 0.6) is 5.88 Å². The molecule has 1 atom stereocenters. The zero-order valence-corrected chi connectivity index (χ0v) is 12.0. The highest BCUT2D eigenvalue weighted by atomic mass is 19.4. The third-order valence-corrected chi connectivity index (χ3v) is 3.19. The normalized spacial score (nSPS) is 19.2. The molecule has 0 saturated carbocycles. The molecule has 1 aliphatic rings. The first kappa shape index (κ1) is 16.0. The number of nitrogens with one attached hydrogen (secondary N) is 3. The number of aromatic nitrogens is 2. The molecule has 0 bridgehead atoms. The standard InChI is InChI=1S/C13H10F5N5O/c1-24-9-5-19-10-11(20-9)23-13(22-10,12(16,17)18)21-8-3-6(14)2-7(15)4-8/h2-5,21H,1H3,(H,19,22)(H,20,23). The van der Waals surface area contributed by atoms with Crippen molar-refractivity contribution < 1.29 is 26.7 Å². The highest BCUT2D eigenvalue weighted by Crippen LogP contribution is 2.41. The number of halogens is 5. The second-order valence-electron chi connectivity index (χ2n) is 4.89. The van der Waals surface area contributed by atoms with E-state index >= 15 is 0 Å². The molecule has 3 N–H and O–H groups in total. The molecule has 0 saturated heterocycles. The van der Waals surface area contributed by atoms with Crippen LogP contribution in [0, 0.1) is 11.6 Å². The lowest BCUT2D eigenvalue weighted by Gasteiger charge is -2.33. The number of alkyl halides is 3. The van der Waals surface area contributed by atoms with Gasteiger partial charge < -0.3 is 20.7 Å². The molecule has 0 radical (unpaired) electrons. The minimum Gasteiger partial charge on any atom is -0.480 e. The summed E-state index contributed by atoms with van der Waals surface area (Å²) in [6.07, 6.45) is -3.78. The van der Waals surface area contributed by atoms with Crippen LogP contribution in [0.4, 0.5) is 39.3 Å². The molecule has 1 aromatic carbocycles. The van der Waals surface area contributed by atoms with E-state index in [4.69, 9.17) is 4.74 Å². The predicted molar refractivity (Wildman–Crippen MR) is 74.6 cm³/mol. The van der Waals surface area contributed by atoms with Crippen molar-refractivity contribution in [1.29, 1.82) is 0 Å². The lowest BCUT2D eigenvalue weighted by molar-refractivity contribution is -0.162. The molecule has 6 nitrogen and oxygen atoms in total. The van der Waals surface area contributed by atoms with E-state index in [9.17, 15) is 22.0 Å². The van der Waals surface area contributed by atoms with E-state index in [1.54, 1.807) is 0 Å². The lowest BCUT2D eigenvalue weighted by atomic mass is 10.2. The first-order chi connectivity index (χ1) is 11.2. The molecule has 1 aromatic heterocycles. The summed E-state index contributed by atoms with van der Waals surface area (Å²) in [5.41, 5.74) is -0.426. The van der Waals surface area contributed by atoms with Crippen molar-refractivity contribution in [3.8, 4) is 5.88 Å². The van der Waals surface area contributed by atoms with Gasteiger partial charge in [-0.15, -0.1) is 0 Å². The van der Waals surface area contributed by atoms with Crippen LogP contribution in [0.1, 0.15) is 0 Å². The van der Waals surface area contributed by atoms with Gasteiger partial charge in [-0.2, -0.15) is 18.2 Å². The Balaban J connectivity index is 1.99. The van der Waals surface area contributed by atoms with E-state index in [1.807, 2.05) is 5.32 Å². The van der Waals surface area contributed by atoms with Gasteiger partial charge in [-0.05, 0) is 12.1 Å². The maximum atomic E-state index is 13.6. The fraction of sp³-hybridized carbons (Fsp3) is 0.231. The summed E-state index contributed by atoms with van der Waals surface area (Å²) in [5, 5.41) is 6.22. The van der Waals surface area contributed by atoms with Gasteiger partial charge in [0.1, 0.15) is 11.6 Å². The van der Waals surface area contributed by atoms with Gasteiger partial charge in [0.15, 0.2) is 11.6 Å². The molecular weight excluding hydrogens is 337 g/mol. The van der Waals surface area contributed by atoms with Gasteiger partial charge in [-0.3, -0.25) is 0 Å². The number of methoxy groups -OCH3 is 1. The Morgan fingerprint density at radius 1 is 1.08 bits per heavy atom. The minimum absolute atomic E-state index is 0.00201. The summed E-state index contributed by atoms with van der Waals surface area (Å²) in [4.78, 5) is 7.58. The Morgan fingerprint density at radius 3 is 2.29 bits per heavy atom. The largest absolute Gasteiger partial charge is 0.480 e. The van der Waals surface area contributed by atoms with Gasteiger partial charge in [0.25, 0.3) is 5.79 Å². The molecular formula is C13H10F5N5O. The van der Waals surface area contributed by atoms with E-state index in [0.717, 1.165) is 18.3 Å². The third kappa shape index (κ3) is 2.72. The first-order valence-electron chi connectivity index (χ1n) is 6.51. The Labute approximate surface area is 132 Å². The first-order valence-corrected chi connectivity index (χ1v) is 6.51. The topological polar surface area (TPSA) is 71.1 Å². The van der Waals surface area contributed by atoms with Gasteiger partial charge in [0.05, 0.1) is 13.3 Å². The molecule has 0 amide bonds. The van der Waals surface area contributed by atoms with Crippen LogP contribution in [-0.4, -0.2) is 29.0 Å². The van der Waals surface area contributed by atoms with E-state index in [0.29, 0.717) is 6.07 Å². The number of nitrogens with zero attached hydrogens (tertiary/aromatic N) is 2. The number of hydrogen-bond acceptors (Lipinski definition) is 6. The van der Waals surface area contributed by atoms with Gasteiger partial charge in [-0.25, -0.2) is 13.8 Å². The molecule has 3 rings (SSSR count). The van der Waals surface area contributed by atoms with Crippen LogP contribution in [0.2, 0.25) is 0 Å². The van der Waals surface area contributed by atoms with E-state index in [1.165, 1.54) is 7.11 Å². The minimum atomic E-state index is -4.91. The molecule has 128 valence electrons. The molecule has 2 heterocycles. The summed E-state index contributed by atoms with van der Waals surface area (Å²) in [6.45, 7) is 0. The Morgan fingerprint density at radius 2 is 1.71 bits per heavy atom. The van der Waals surface area contributed by atoms with Crippen molar-refractivity contribution in [3.05, 3.63) is 36.0 Å². The maximum Gasteiger partial charge on any atom is 0.451 e. The zero-order valence-electron chi connectivity index (χ0n) is 12.0. The monoisotopic (exact) mass is 347 g/mol. The predicted octanol–water partition coefficient (Wildman–Crippen LogP) is 2.93. The molecule has 0 fully saturated rings. The summed E-state index contributed by atoms with van der Waals surface area (Å²) >= 11 is 0. The van der Waals surface area contributed by atoms with Crippen LogP contribution >= 0.6 is 0 Å². The van der Waals surface area contributed by atoms with Gasteiger partial charge in [0, 0.05) is 11.8 Å².